The van der Waals surface area contributed by atoms with E-state index in [1.165, 1.54) is 5.56 Å². The molecule has 0 saturated carbocycles. The van der Waals surface area contributed by atoms with Crippen LogP contribution in [0.25, 0.3) is 0 Å². The van der Waals surface area contributed by atoms with Gasteiger partial charge in [0.1, 0.15) is 5.69 Å². The van der Waals surface area contributed by atoms with Gasteiger partial charge in [0.15, 0.2) is 0 Å². The molecule has 2 fully saturated rings. The third kappa shape index (κ3) is 4.48. The first kappa shape index (κ1) is 21.2. The molecule has 30 heavy (non-hydrogen) atoms. The summed E-state index contributed by atoms with van der Waals surface area (Å²) in [6.45, 7) is 11.4. The second-order valence-corrected chi connectivity index (χ2v) is 9.31. The van der Waals surface area contributed by atoms with Crippen molar-refractivity contribution in [1.29, 1.82) is 0 Å². The number of ether oxygens (including phenoxy) is 1. The largest absolute Gasteiger partial charge is 0.375 e. The molecule has 0 spiro atoms. The number of hydrogen-bond acceptors (Lipinski definition) is 5. The molecule has 2 aliphatic heterocycles. The number of aryl methyl sites for hydroxylation is 1. The van der Waals surface area contributed by atoms with Gasteiger partial charge in [0.25, 0.3) is 0 Å². The molecule has 3 heterocycles. The summed E-state index contributed by atoms with van der Waals surface area (Å²) in [5, 5.41) is 0. The van der Waals surface area contributed by atoms with Crippen molar-refractivity contribution in [2.45, 2.75) is 51.3 Å². The number of benzene rings is 1. The van der Waals surface area contributed by atoms with Crippen LogP contribution >= 0.6 is 0 Å². The Labute approximate surface area is 180 Å². The fraction of sp³-hybridized carbons (Fsp3) is 0.520. The molecular weight excluding hydrogens is 374 g/mol. The van der Waals surface area contributed by atoms with Crippen LogP contribution in [-0.4, -0.2) is 64.5 Å². The maximum Gasteiger partial charge on any atom is 0.201 e. The summed E-state index contributed by atoms with van der Waals surface area (Å²) in [6.07, 6.45) is 1.43. The van der Waals surface area contributed by atoms with Gasteiger partial charge in [0.05, 0.1) is 11.1 Å². The van der Waals surface area contributed by atoms with Gasteiger partial charge < -0.3 is 4.74 Å². The fourth-order valence-corrected chi connectivity index (χ4v) is 5.03. The van der Waals surface area contributed by atoms with Gasteiger partial charge in [-0.3, -0.25) is 14.6 Å². The average Bonchev–Trinajstić information content (AvgIpc) is 2.73. The van der Waals surface area contributed by atoms with E-state index >= 15 is 0 Å². The van der Waals surface area contributed by atoms with Crippen LogP contribution in [-0.2, 0) is 11.3 Å². The van der Waals surface area contributed by atoms with Crippen molar-refractivity contribution in [2.75, 3.05) is 32.8 Å². The minimum atomic E-state index is -0.540. The number of pyridine rings is 1. The number of aromatic nitrogens is 1. The lowest BCUT2D eigenvalue weighted by Gasteiger charge is -2.52. The summed E-state index contributed by atoms with van der Waals surface area (Å²) in [5.41, 5.74) is 1.95. The topological polar surface area (TPSA) is 45.7 Å². The van der Waals surface area contributed by atoms with E-state index in [-0.39, 0.29) is 11.4 Å². The normalized spacial score (nSPS) is 25.2. The van der Waals surface area contributed by atoms with Crippen LogP contribution in [0.15, 0.2) is 48.5 Å². The molecule has 1 unspecified atom stereocenters. The van der Waals surface area contributed by atoms with E-state index in [1.807, 2.05) is 25.1 Å². The molecule has 0 bridgehead atoms. The zero-order valence-corrected chi connectivity index (χ0v) is 18.4. The summed E-state index contributed by atoms with van der Waals surface area (Å²) in [6, 6.07) is 16.4. The Morgan fingerprint density at radius 1 is 1.03 bits per heavy atom. The van der Waals surface area contributed by atoms with Crippen LogP contribution in [0.5, 0.6) is 0 Å². The average molecular weight is 408 g/mol. The highest BCUT2D eigenvalue weighted by atomic mass is 16.5. The Hall–Kier alpha value is -2.08. The standard InChI is InChI=1S/C25H33N3O2/c1-20-8-7-11-22(26-20)23(29)25(12-17-30-24(2,3)19-25)28-15-13-27(14-16-28)18-21-9-5-4-6-10-21/h4-11H,12-19H2,1-3H3. The van der Waals surface area contributed by atoms with Crippen molar-refractivity contribution >= 4 is 5.78 Å². The van der Waals surface area contributed by atoms with Crippen LogP contribution in [0, 0.1) is 6.92 Å². The molecule has 0 radical (unpaired) electrons. The predicted molar refractivity (Wildman–Crippen MR) is 119 cm³/mol. The molecule has 2 aromatic rings. The number of nitrogens with zero attached hydrogens (tertiary/aromatic N) is 3. The molecule has 5 nitrogen and oxygen atoms in total. The lowest BCUT2D eigenvalue weighted by Crippen LogP contribution is -2.65. The first-order valence-electron chi connectivity index (χ1n) is 11.0. The smallest absolute Gasteiger partial charge is 0.201 e. The molecular formula is C25H33N3O2. The van der Waals surface area contributed by atoms with Gasteiger partial charge in [0, 0.05) is 51.4 Å². The van der Waals surface area contributed by atoms with Gasteiger partial charge >= 0.3 is 0 Å². The van der Waals surface area contributed by atoms with E-state index in [0.717, 1.165) is 44.8 Å². The van der Waals surface area contributed by atoms with E-state index in [9.17, 15) is 4.79 Å². The van der Waals surface area contributed by atoms with Crippen LogP contribution in [0.3, 0.4) is 0 Å². The monoisotopic (exact) mass is 407 g/mol. The van der Waals surface area contributed by atoms with Crippen molar-refractivity contribution in [3.8, 4) is 0 Å². The van der Waals surface area contributed by atoms with Crippen molar-refractivity contribution < 1.29 is 9.53 Å². The minimum absolute atomic E-state index is 0.152. The zero-order chi connectivity index (χ0) is 21.2. The highest BCUT2D eigenvalue weighted by molar-refractivity contribution is 6.02. The number of ketones is 1. The van der Waals surface area contributed by atoms with Crippen LogP contribution < -0.4 is 0 Å². The van der Waals surface area contributed by atoms with Gasteiger partial charge in [-0.15, -0.1) is 0 Å². The number of carbonyl (C=O) groups excluding carboxylic acids is 1. The second-order valence-electron chi connectivity index (χ2n) is 9.31. The van der Waals surface area contributed by atoms with E-state index in [2.05, 4.69) is 59.0 Å². The summed E-state index contributed by atoms with van der Waals surface area (Å²) in [5.74, 6) is 0.152. The van der Waals surface area contributed by atoms with Crippen LogP contribution in [0.1, 0.15) is 48.4 Å². The lowest BCUT2D eigenvalue weighted by molar-refractivity contribution is -0.113. The van der Waals surface area contributed by atoms with Gasteiger partial charge in [-0.1, -0.05) is 36.4 Å². The first-order chi connectivity index (χ1) is 14.4. The maximum absolute atomic E-state index is 13.9. The fourth-order valence-electron chi connectivity index (χ4n) is 5.03. The molecule has 1 atom stereocenters. The summed E-state index contributed by atoms with van der Waals surface area (Å²) in [7, 11) is 0. The van der Waals surface area contributed by atoms with E-state index in [1.54, 1.807) is 0 Å². The molecule has 0 N–H and O–H groups in total. The second kappa shape index (κ2) is 8.58. The number of hydrogen-bond donors (Lipinski definition) is 0. The van der Waals surface area contributed by atoms with E-state index in [4.69, 9.17) is 4.74 Å². The minimum Gasteiger partial charge on any atom is -0.375 e. The Morgan fingerprint density at radius 3 is 2.43 bits per heavy atom. The van der Waals surface area contributed by atoms with Gasteiger partial charge in [0.2, 0.25) is 5.78 Å². The Balaban J connectivity index is 1.54. The molecule has 0 aliphatic carbocycles. The zero-order valence-electron chi connectivity index (χ0n) is 18.4. The van der Waals surface area contributed by atoms with Crippen molar-refractivity contribution in [2.24, 2.45) is 0 Å². The number of Topliss-reactive ketones (excluding diaryl/α,β-unsaturated/α-hetero) is 1. The number of piperazine rings is 1. The molecule has 4 rings (SSSR count). The maximum atomic E-state index is 13.9. The molecule has 5 heteroatoms. The highest BCUT2D eigenvalue weighted by Gasteiger charge is 2.51. The Morgan fingerprint density at radius 2 is 1.77 bits per heavy atom. The highest BCUT2D eigenvalue weighted by Crippen LogP contribution is 2.39. The van der Waals surface area contributed by atoms with Crippen LogP contribution in [0.4, 0.5) is 0 Å². The molecule has 160 valence electrons. The van der Waals surface area contributed by atoms with Crippen molar-refractivity contribution in [3.63, 3.8) is 0 Å². The SMILES string of the molecule is Cc1cccc(C(=O)C2(N3CCN(Cc4ccccc4)CC3)CCOC(C)(C)C2)n1. The van der Waals surface area contributed by atoms with Gasteiger partial charge in [-0.25, -0.2) is 4.98 Å². The molecule has 1 aromatic heterocycles. The van der Waals surface area contributed by atoms with Crippen molar-refractivity contribution in [3.05, 3.63) is 65.5 Å². The van der Waals surface area contributed by atoms with E-state index in [0.29, 0.717) is 18.7 Å². The van der Waals surface area contributed by atoms with Crippen molar-refractivity contribution in [1.82, 2.24) is 14.8 Å². The summed E-state index contributed by atoms with van der Waals surface area (Å²) in [4.78, 5) is 23.3. The molecule has 0 amide bonds. The quantitative estimate of drug-likeness (QED) is 0.707. The van der Waals surface area contributed by atoms with Crippen LogP contribution in [0.2, 0.25) is 0 Å². The van der Waals surface area contributed by atoms with Gasteiger partial charge in [-0.05, 0) is 44.9 Å². The van der Waals surface area contributed by atoms with Gasteiger partial charge in [-0.2, -0.15) is 0 Å². The molecule has 2 saturated heterocycles. The van der Waals surface area contributed by atoms with E-state index < -0.39 is 5.54 Å². The molecule has 1 aromatic carbocycles. The summed E-state index contributed by atoms with van der Waals surface area (Å²) >= 11 is 0. The first-order valence-corrected chi connectivity index (χ1v) is 11.0. The lowest BCUT2D eigenvalue weighted by atomic mass is 9.75. The Kier molecular flexibility index (Phi) is 6.05. The Bertz CT molecular complexity index is 875. The summed E-state index contributed by atoms with van der Waals surface area (Å²) < 4.78 is 6.01. The third-order valence-corrected chi connectivity index (χ3v) is 6.50. The molecule has 2 aliphatic rings. The number of rotatable bonds is 5. The predicted octanol–water partition coefficient (Wildman–Crippen LogP) is 3.72. The third-order valence-electron chi connectivity index (χ3n) is 6.50. The number of carbonyl (C=O) groups is 1.